The molecule has 1 aromatic heterocycles. The van der Waals surface area contributed by atoms with Crippen molar-refractivity contribution in [3.8, 4) is 5.75 Å². The first-order chi connectivity index (χ1) is 12.5. The normalized spacial score (nSPS) is 14.1. The number of hydrogen-bond acceptors (Lipinski definition) is 3. The van der Waals surface area contributed by atoms with Crippen LogP contribution in [0.2, 0.25) is 5.15 Å². The summed E-state index contributed by atoms with van der Waals surface area (Å²) in [4.78, 5) is 11.9. The lowest BCUT2D eigenvalue weighted by atomic mass is 9.90. The predicted octanol–water partition coefficient (Wildman–Crippen LogP) is 5.37. The van der Waals surface area contributed by atoms with E-state index in [4.69, 9.17) is 16.3 Å². The Hall–Kier alpha value is -2.33. The number of hydrogen-bond donors (Lipinski definition) is 0. The SMILES string of the molecule is CC(C)n1nc(Cl)c2cc(COc3ccc4c(c3)CCCC4=O)ccc21. The molecule has 0 amide bonds. The molecule has 5 heteroatoms. The number of carbonyl (C=O) groups excluding carboxylic acids is 1. The van der Waals surface area contributed by atoms with Gasteiger partial charge in [-0.25, -0.2) is 0 Å². The quantitative estimate of drug-likeness (QED) is 0.622. The Morgan fingerprint density at radius 1 is 1.19 bits per heavy atom. The lowest BCUT2D eigenvalue weighted by Crippen LogP contribution is -2.10. The van der Waals surface area contributed by atoms with E-state index in [0.717, 1.165) is 46.2 Å². The molecule has 0 radical (unpaired) electrons. The third-order valence-corrected chi connectivity index (χ3v) is 5.13. The molecule has 2 aromatic carbocycles. The summed E-state index contributed by atoms with van der Waals surface area (Å²) >= 11 is 6.30. The van der Waals surface area contributed by atoms with Gasteiger partial charge in [0, 0.05) is 23.4 Å². The van der Waals surface area contributed by atoms with E-state index < -0.39 is 0 Å². The van der Waals surface area contributed by atoms with Crippen molar-refractivity contribution in [3.05, 3.63) is 58.2 Å². The van der Waals surface area contributed by atoms with Crippen LogP contribution < -0.4 is 4.74 Å². The van der Waals surface area contributed by atoms with Gasteiger partial charge in [0.25, 0.3) is 0 Å². The van der Waals surface area contributed by atoms with Gasteiger partial charge in [0.1, 0.15) is 12.4 Å². The Kier molecular flexibility index (Phi) is 4.45. The van der Waals surface area contributed by atoms with Gasteiger partial charge in [0.15, 0.2) is 10.9 Å². The van der Waals surface area contributed by atoms with Crippen LogP contribution in [0.25, 0.3) is 10.9 Å². The van der Waals surface area contributed by atoms with Crippen LogP contribution in [0.5, 0.6) is 5.75 Å². The Morgan fingerprint density at radius 3 is 2.85 bits per heavy atom. The van der Waals surface area contributed by atoms with Crippen molar-refractivity contribution in [2.24, 2.45) is 0 Å². The molecular weight excluding hydrogens is 348 g/mol. The zero-order valence-electron chi connectivity index (χ0n) is 15.0. The third-order valence-electron chi connectivity index (χ3n) is 4.85. The van der Waals surface area contributed by atoms with Crippen LogP contribution in [-0.4, -0.2) is 15.6 Å². The fourth-order valence-corrected chi connectivity index (χ4v) is 3.75. The number of ketones is 1. The number of carbonyl (C=O) groups is 1. The van der Waals surface area contributed by atoms with Crippen molar-refractivity contribution in [1.82, 2.24) is 9.78 Å². The molecule has 4 rings (SSSR count). The number of nitrogens with zero attached hydrogens (tertiary/aromatic N) is 2. The highest BCUT2D eigenvalue weighted by molar-refractivity contribution is 6.34. The molecule has 26 heavy (non-hydrogen) atoms. The summed E-state index contributed by atoms with van der Waals surface area (Å²) in [5, 5.41) is 5.87. The molecule has 0 aliphatic heterocycles. The van der Waals surface area contributed by atoms with Gasteiger partial charge in [-0.05, 0) is 68.1 Å². The molecule has 0 saturated carbocycles. The van der Waals surface area contributed by atoms with Crippen molar-refractivity contribution in [1.29, 1.82) is 0 Å². The second kappa shape index (κ2) is 6.76. The minimum atomic E-state index is 0.236. The Balaban J connectivity index is 1.55. The van der Waals surface area contributed by atoms with E-state index >= 15 is 0 Å². The zero-order chi connectivity index (χ0) is 18.3. The maximum atomic E-state index is 11.9. The number of rotatable bonds is 4. The summed E-state index contributed by atoms with van der Waals surface area (Å²) < 4.78 is 7.89. The summed E-state index contributed by atoms with van der Waals surface area (Å²) in [6.07, 6.45) is 2.51. The van der Waals surface area contributed by atoms with Gasteiger partial charge < -0.3 is 4.74 Å². The number of aromatic nitrogens is 2. The molecule has 0 atom stereocenters. The van der Waals surface area contributed by atoms with E-state index in [-0.39, 0.29) is 11.8 Å². The summed E-state index contributed by atoms with van der Waals surface area (Å²) in [5.41, 5.74) is 4.01. The fourth-order valence-electron chi connectivity index (χ4n) is 3.51. The lowest BCUT2D eigenvalue weighted by molar-refractivity contribution is 0.0972. The highest BCUT2D eigenvalue weighted by Crippen LogP contribution is 2.28. The second-order valence-corrected chi connectivity index (χ2v) is 7.42. The Bertz CT molecular complexity index is 991. The van der Waals surface area contributed by atoms with E-state index in [1.165, 1.54) is 0 Å². The zero-order valence-corrected chi connectivity index (χ0v) is 15.7. The summed E-state index contributed by atoms with van der Waals surface area (Å²) in [7, 11) is 0. The molecule has 4 nitrogen and oxygen atoms in total. The van der Waals surface area contributed by atoms with Gasteiger partial charge in [-0.2, -0.15) is 5.10 Å². The van der Waals surface area contributed by atoms with Crippen molar-refractivity contribution in [2.45, 2.75) is 45.8 Å². The molecule has 1 heterocycles. The van der Waals surface area contributed by atoms with E-state index in [2.05, 4.69) is 18.9 Å². The molecule has 0 unspecified atom stereocenters. The average molecular weight is 369 g/mol. The minimum absolute atomic E-state index is 0.236. The van der Waals surface area contributed by atoms with Gasteiger partial charge in [0.05, 0.1) is 5.52 Å². The van der Waals surface area contributed by atoms with Gasteiger partial charge in [-0.1, -0.05) is 17.7 Å². The highest BCUT2D eigenvalue weighted by Gasteiger charge is 2.17. The number of halogens is 1. The van der Waals surface area contributed by atoms with Crippen LogP contribution in [0.1, 0.15) is 54.2 Å². The number of Topliss-reactive ketones (excluding diaryl/α,β-unsaturated/α-hetero) is 1. The maximum Gasteiger partial charge on any atom is 0.163 e. The molecule has 0 spiro atoms. The maximum absolute atomic E-state index is 11.9. The molecule has 0 bridgehead atoms. The van der Waals surface area contributed by atoms with Crippen LogP contribution in [0.15, 0.2) is 36.4 Å². The molecule has 1 aliphatic carbocycles. The third kappa shape index (κ3) is 3.10. The smallest absolute Gasteiger partial charge is 0.163 e. The predicted molar refractivity (Wildman–Crippen MR) is 103 cm³/mol. The molecule has 134 valence electrons. The van der Waals surface area contributed by atoms with Crippen molar-refractivity contribution in [2.75, 3.05) is 0 Å². The van der Waals surface area contributed by atoms with E-state index in [0.29, 0.717) is 18.2 Å². The van der Waals surface area contributed by atoms with Gasteiger partial charge >= 0.3 is 0 Å². The first-order valence-corrected chi connectivity index (χ1v) is 9.36. The van der Waals surface area contributed by atoms with Crippen LogP contribution in [0.4, 0.5) is 0 Å². The molecule has 0 fully saturated rings. The van der Waals surface area contributed by atoms with Crippen LogP contribution >= 0.6 is 11.6 Å². The monoisotopic (exact) mass is 368 g/mol. The molecule has 1 aliphatic rings. The fraction of sp³-hybridized carbons (Fsp3) is 0.333. The largest absolute Gasteiger partial charge is 0.489 e. The Labute approximate surface area is 157 Å². The number of benzene rings is 2. The number of aryl methyl sites for hydroxylation is 1. The first kappa shape index (κ1) is 17.1. The van der Waals surface area contributed by atoms with E-state index in [9.17, 15) is 4.79 Å². The van der Waals surface area contributed by atoms with Crippen LogP contribution in [-0.2, 0) is 13.0 Å². The van der Waals surface area contributed by atoms with E-state index in [1.54, 1.807) is 0 Å². The highest BCUT2D eigenvalue weighted by atomic mass is 35.5. The average Bonchev–Trinajstić information content (AvgIpc) is 2.97. The van der Waals surface area contributed by atoms with Crippen molar-refractivity contribution < 1.29 is 9.53 Å². The number of ether oxygens (including phenoxy) is 1. The summed E-state index contributed by atoms with van der Waals surface area (Å²) in [6, 6.07) is 12.1. The summed E-state index contributed by atoms with van der Waals surface area (Å²) in [5.74, 6) is 1.03. The molecular formula is C21H21ClN2O2. The first-order valence-electron chi connectivity index (χ1n) is 8.98. The van der Waals surface area contributed by atoms with Gasteiger partial charge in [-0.3, -0.25) is 9.48 Å². The molecule has 3 aromatic rings. The van der Waals surface area contributed by atoms with Gasteiger partial charge in [-0.15, -0.1) is 0 Å². The molecule has 0 N–H and O–H groups in total. The van der Waals surface area contributed by atoms with Crippen molar-refractivity contribution >= 4 is 28.3 Å². The second-order valence-electron chi connectivity index (χ2n) is 7.06. The minimum Gasteiger partial charge on any atom is -0.489 e. The lowest BCUT2D eigenvalue weighted by Gasteiger charge is -2.16. The summed E-state index contributed by atoms with van der Waals surface area (Å²) in [6.45, 7) is 4.62. The number of fused-ring (bicyclic) bond motifs is 2. The van der Waals surface area contributed by atoms with Crippen molar-refractivity contribution in [3.63, 3.8) is 0 Å². The van der Waals surface area contributed by atoms with Gasteiger partial charge in [0.2, 0.25) is 0 Å². The van der Waals surface area contributed by atoms with E-state index in [1.807, 2.05) is 41.1 Å². The van der Waals surface area contributed by atoms with Crippen LogP contribution in [0.3, 0.4) is 0 Å². The topological polar surface area (TPSA) is 44.1 Å². The van der Waals surface area contributed by atoms with Crippen LogP contribution in [0, 0.1) is 0 Å². The molecule has 0 saturated heterocycles. The Morgan fingerprint density at radius 2 is 2.04 bits per heavy atom. The standard InChI is InChI=1S/C21H21ClN2O2/c1-13(2)24-19-9-6-14(10-18(19)21(22)23-24)12-26-16-7-8-17-15(11-16)4-3-5-20(17)25/h6-11,13H,3-5,12H2,1-2H3.